The number of nitrogens with two attached hydrogens (primary N) is 1. The number of hydrogen-bond acceptors (Lipinski definition) is 4. The fourth-order valence-corrected chi connectivity index (χ4v) is 2.17. The SMILES string of the molecule is CN1CCC(CCN(C)CC(N)C(=O)O)C1. The van der Waals surface area contributed by atoms with Gasteiger partial charge >= 0.3 is 5.97 Å². The molecule has 16 heavy (non-hydrogen) atoms. The summed E-state index contributed by atoms with van der Waals surface area (Å²) in [5.41, 5.74) is 5.47. The van der Waals surface area contributed by atoms with Crippen LogP contribution in [0.25, 0.3) is 0 Å². The molecule has 1 fully saturated rings. The molecule has 1 rings (SSSR count). The molecule has 1 aliphatic rings. The molecule has 0 bridgehead atoms. The quantitative estimate of drug-likeness (QED) is 0.653. The lowest BCUT2D eigenvalue weighted by atomic mass is 10.0. The molecular formula is C11H23N3O2. The average molecular weight is 229 g/mol. The summed E-state index contributed by atoms with van der Waals surface area (Å²) in [6.07, 6.45) is 2.39. The van der Waals surface area contributed by atoms with Crippen LogP contribution < -0.4 is 5.73 Å². The largest absolute Gasteiger partial charge is 0.480 e. The molecule has 0 radical (unpaired) electrons. The van der Waals surface area contributed by atoms with E-state index in [0.717, 1.165) is 18.9 Å². The zero-order valence-electron chi connectivity index (χ0n) is 10.2. The summed E-state index contributed by atoms with van der Waals surface area (Å²) < 4.78 is 0. The summed E-state index contributed by atoms with van der Waals surface area (Å²) in [7, 11) is 4.07. The maximum absolute atomic E-state index is 10.6. The summed E-state index contributed by atoms with van der Waals surface area (Å²) in [5, 5.41) is 8.69. The highest BCUT2D eigenvalue weighted by Gasteiger charge is 2.20. The molecule has 0 aromatic rings. The predicted octanol–water partition coefficient (Wildman–Crippen LogP) is -0.328. The zero-order chi connectivity index (χ0) is 12.1. The van der Waals surface area contributed by atoms with E-state index in [9.17, 15) is 4.79 Å². The Morgan fingerprint density at radius 1 is 1.69 bits per heavy atom. The Kier molecular flexibility index (Phi) is 5.18. The number of likely N-dealkylation sites (N-methyl/N-ethyl adjacent to an activating group) is 1. The Labute approximate surface area is 97.2 Å². The number of aliphatic carboxylic acids is 1. The van der Waals surface area contributed by atoms with Crippen LogP contribution >= 0.6 is 0 Å². The molecule has 5 heteroatoms. The number of carboxylic acids is 1. The second kappa shape index (κ2) is 6.18. The molecule has 0 aliphatic carbocycles. The van der Waals surface area contributed by atoms with Gasteiger partial charge in [-0.15, -0.1) is 0 Å². The summed E-state index contributed by atoms with van der Waals surface area (Å²) >= 11 is 0. The highest BCUT2D eigenvalue weighted by Crippen LogP contribution is 2.17. The lowest BCUT2D eigenvalue weighted by Crippen LogP contribution is -2.41. The van der Waals surface area contributed by atoms with Crippen molar-refractivity contribution in [1.29, 1.82) is 0 Å². The minimum absolute atomic E-state index is 0.428. The maximum atomic E-state index is 10.6. The highest BCUT2D eigenvalue weighted by molar-refractivity contribution is 5.73. The lowest BCUT2D eigenvalue weighted by molar-refractivity contribution is -0.138. The van der Waals surface area contributed by atoms with Crippen molar-refractivity contribution in [1.82, 2.24) is 9.80 Å². The third kappa shape index (κ3) is 4.47. The van der Waals surface area contributed by atoms with E-state index in [1.54, 1.807) is 0 Å². The van der Waals surface area contributed by atoms with E-state index in [1.807, 2.05) is 11.9 Å². The fraction of sp³-hybridized carbons (Fsp3) is 0.909. The summed E-state index contributed by atoms with van der Waals surface area (Å²) in [6.45, 7) is 3.71. The molecule has 1 aliphatic heterocycles. The van der Waals surface area contributed by atoms with Gasteiger partial charge in [0.15, 0.2) is 0 Å². The van der Waals surface area contributed by atoms with Crippen LogP contribution in [0, 0.1) is 5.92 Å². The molecule has 0 aromatic carbocycles. The molecule has 0 amide bonds. The van der Waals surface area contributed by atoms with Gasteiger partial charge in [0.2, 0.25) is 0 Å². The van der Waals surface area contributed by atoms with Crippen LogP contribution in [-0.2, 0) is 4.79 Å². The van der Waals surface area contributed by atoms with Crippen molar-refractivity contribution in [3.63, 3.8) is 0 Å². The van der Waals surface area contributed by atoms with Crippen LogP contribution in [0.1, 0.15) is 12.8 Å². The summed E-state index contributed by atoms with van der Waals surface area (Å²) in [6, 6.07) is -0.767. The predicted molar refractivity (Wildman–Crippen MR) is 63.3 cm³/mol. The van der Waals surface area contributed by atoms with Crippen LogP contribution in [0.3, 0.4) is 0 Å². The van der Waals surface area contributed by atoms with Gasteiger partial charge in [-0.1, -0.05) is 0 Å². The van der Waals surface area contributed by atoms with Gasteiger partial charge in [0.25, 0.3) is 0 Å². The maximum Gasteiger partial charge on any atom is 0.321 e. The lowest BCUT2D eigenvalue weighted by Gasteiger charge is -2.20. The fourth-order valence-electron chi connectivity index (χ4n) is 2.17. The molecule has 1 saturated heterocycles. The minimum atomic E-state index is -0.924. The molecule has 0 saturated carbocycles. The van der Waals surface area contributed by atoms with E-state index >= 15 is 0 Å². The van der Waals surface area contributed by atoms with E-state index in [0.29, 0.717) is 6.54 Å². The number of rotatable bonds is 6. The minimum Gasteiger partial charge on any atom is -0.480 e. The molecule has 94 valence electrons. The first-order valence-corrected chi connectivity index (χ1v) is 5.84. The Balaban J connectivity index is 2.15. The second-order valence-electron chi connectivity index (χ2n) is 4.91. The molecule has 3 N–H and O–H groups in total. The van der Waals surface area contributed by atoms with Crippen molar-refractivity contribution in [3.8, 4) is 0 Å². The third-order valence-corrected chi connectivity index (χ3v) is 3.23. The number of carboxylic acid groups (broad SMARTS) is 1. The van der Waals surface area contributed by atoms with Gasteiger partial charge in [0.05, 0.1) is 0 Å². The Morgan fingerprint density at radius 3 is 2.88 bits per heavy atom. The summed E-state index contributed by atoms with van der Waals surface area (Å²) in [4.78, 5) is 14.9. The van der Waals surface area contributed by atoms with Crippen LogP contribution in [0.2, 0.25) is 0 Å². The van der Waals surface area contributed by atoms with Gasteiger partial charge in [-0.3, -0.25) is 4.79 Å². The van der Waals surface area contributed by atoms with E-state index in [4.69, 9.17) is 10.8 Å². The molecule has 1 heterocycles. The van der Waals surface area contributed by atoms with Crippen molar-refractivity contribution < 1.29 is 9.90 Å². The Bertz CT molecular complexity index is 235. The van der Waals surface area contributed by atoms with Crippen LogP contribution in [0.15, 0.2) is 0 Å². The number of likely N-dealkylation sites (tertiary alicyclic amines) is 1. The summed E-state index contributed by atoms with van der Waals surface area (Å²) in [5.74, 6) is -0.166. The monoisotopic (exact) mass is 229 g/mol. The smallest absolute Gasteiger partial charge is 0.321 e. The van der Waals surface area contributed by atoms with Crippen molar-refractivity contribution >= 4 is 5.97 Å². The van der Waals surface area contributed by atoms with E-state index < -0.39 is 12.0 Å². The molecule has 0 spiro atoms. The van der Waals surface area contributed by atoms with Crippen molar-refractivity contribution in [2.75, 3.05) is 40.3 Å². The molecule has 5 nitrogen and oxygen atoms in total. The van der Waals surface area contributed by atoms with Gasteiger partial charge in [-0.05, 0) is 45.9 Å². The highest BCUT2D eigenvalue weighted by atomic mass is 16.4. The molecule has 2 atom stereocenters. The number of nitrogens with zero attached hydrogens (tertiary/aromatic N) is 2. The Morgan fingerprint density at radius 2 is 2.38 bits per heavy atom. The molecule has 2 unspecified atom stereocenters. The molecule has 0 aromatic heterocycles. The molecular weight excluding hydrogens is 206 g/mol. The first-order chi connectivity index (χ1) is 7.49. The van der Waals surface area contributed by atoms with Gasteiger partial charge in [-0.25, -0.2) is 0 Å². The van der Waals surface area contributed by atoms with Gasteiger partial charge in [-0.2, -0.15) is 0 Å². The third-order valence-electron chi connectivity index (χ3n) is 3.23. The first kappa shape index (κ1) is 13.4. The first-order valence-electron chi connectivity index (χ1n) is 5.84. The normalized spacial score (nSPS) is 23.9. The van der Waals surface area contributed by atoms with Crippen molar-refractivity contribution in [2.45, 2.75) is 18.9 Å². The van der Waals surface area contributed by atoms with Crippen molar-refractivity contribution in [3.05, 3.63) is 0 Å². The van der Waals surface area contributed by atoms with E-state index in [1.165, 1.54) is 19.5 Å². The van der Waals surface area contributed by atoms with E-state index in [-0.39, 0.29) is 0 Å². The van der Waals surface area contributed by atoms with Crippen LogP contribution in [0.5, 0.6) is 0 Å². The average Bonchev–Trinajstić information content (AvgIpc) is 2.61. The standard InChI is InChI=1S/C11H23N3O2/c1-13-5-3-9(7-13)4-6-14(2)8-10(12)11(15)16/h9-10H,3-8,12H2,1-2H3,(H,15,16). The second-order valence-corrected chi connectivity index (χ2v) is 4.91. The van der Waals surface area contributed by atoms with Crippen molar-refractivity contribution in [2.24, 2.45) is 11.7 Å². The Hall–Kier alpha value is -0.650. The van der Waals surface area contributed by atoms with Crippen LogP contribution in [0.4, 0.5) is 0 Å². The number of hydrogen-bond donors (Lipinski definition) is 2. The zero-order valence-corrected chi connectivity index (χ0v) is 10.2. The van der Waals surface area contributed by atoms with E-state index in [2.05, 4.69) is 11.9 Å². The van der Waals surface area contributed by atoms with Gasteiger partial charge in [0, 0.05) is 13.1 Å². The van der Waals surface area contributed by atoms with Gasteiger partial charge < -0.3 is 20.6 Å². The van der Waals surface area contributed by atoms with Crippen LogP contribution in [-0.4, -0.2) is 67.2 Å². The number of carbonyl (C=O) groups is 1. The topological polar surface area (TPSA) is 69.8 Å². The van der Waals surface area contributed by atoms with Gasteiger partial charge in [0.1, 0.15) is 6.04 Å².